The molecule has 0 aliphatic rings. The molecule has 0 saturated carbocycles. The maximum absolute atomic E-state index is 11.0. The second-order valence-corrected chi connectivity index (χ2v) is 4.29. The van der Waals surface area contributed by atoms with E-state index < -0.39 is 0 Å². The van der Waals surface area contributed by atoms with E-state index in [2.05, 4.69) is 10.3 Å². The Labute approximate surface area is 116 Å². The lowest BCUT2D eigenvalue weighted by Crippen LogP contribution is -2.06. The van der Waals surface area contributed by atoms with Gasteiger partial charge in [-0.05, 0) is 25.5 Å². The van der Waals surface area contributed by atoms with E-state index in [0.29, 0.717) is 18.6 Å². The molecule has 0 fully saturated rings. The van der Waals surface area contributed by atoms with Crippen LogP contribution in [-0.4, -0.2) is 29.7 Å². The van der Waals surface area contributed by atoms with E-state index >= 15 is 0 Å². The largest absolute Gasteiger partial charge is 0.384 e. The zero-order chi connectivity index (χ0) is 14.4. The zero-order valence-electron chi connectivity index (χ0n) is 11.3. The Morgan fingerprint density at radius 2 is 2.20 bits per heavy atom. The molecule has 0 amide bonds. The number of nitro benzene ring substituents is 1. The van der Waals surface area contributed by atoms with Gasteiger partial charge in [-0.15, -0.1) is 0 Å². The van der Waals surface area contributed by atoms with Gasteiger partial charge in [-0.25, -0.2) is 0 Å². The Kier molecular flexibility index (Phi) is 4.84. The van der Waals surface area contributed by atoms with Crippen LogP contribution >= 0.6 is 0 Å². The summed E-state index contributed by atoms with van der Waals surface area (Å²) in [6, 6.07) is 4.91. The monoisotopic (exact) mass is 275 g/mol. The summed E-state index contributed by atoms with van der Waals surface area (Å²) in [6.07, 6.45) is 4.09. The van der Waals surface area contributed by atoms with E-state index in [9.17, 15) is 10.1 Å². The van der Waals surface area contributed by atoms with E-state index in [-0.39, 0.29) is 10.6 Å². The van der Waals surface area contributed by atoms with Crippen molar-refractivity contribution in [2.75, 3.05) is 25.1 Å². The minimum Gasteiger partial charge on any atom is -0.384 e. The lowest BCUT2D eigenvalue weighted by Gasteiger charge is -2.09. The van der Waals surface area contributed by atoms with Crippen molar-refractivity contribution in [3.8, 4) is 0 Å². The third kappa shape index (κ3) is 3.21. The SMILES string of the molecule is CCOCCCNc1ccc([N+](=O)[O-])c2ccncc12. The van der Waals surface area contributed by atoms with Gasteiger partial charge in [0.1, 0.15) is 0 Å². The quantitative estimate of drug-likeness (QED) is 0.477. The van der Waals surface area contributed by atoms with Crippen LogP contribution in [0.2, 0.25) is 0 Å². The van der Waals surface area contributed by atoms with Crippen molar-refractivity contribution < 1.29 is 9.66 Å². The van der Waals surface area contributed by atoms with Gasteiger partial charge in [-0.3, -0.25) is 15.1 Å². The number of nitro groups is 1. The van der Waals surface area contributed by atoms with Crippen LogP contribution < -0.4 is 5.32 Å². The molecule has 0 aliphatic carbocycles. The van der Waals surface area contributed by atoms with Gasteiger partial charge in [0.05, 0.1) is 10.3 Å². The minimum absolute atomic E-state index is 0.0993. The van der Waals surface area contributed by atoms with Gasteiger partial charge >= 0.3 is 0 Å². The Bertz CT molecular complexity index is 601. The fraction of sp³-hybridized carbons (Fsp3) is 0.357. The number of pyridine rings is 1. The molecule has 0 unspecified atom stereocenters. The first-order valence-electron chi connectivity index (χ1n) is 6.56. The number of nitrogens with one attached hydrogen (secondary N) is 1. The van der Waals surface area contributed by atoms with Crippen molar-refractivity contribution in [2.24, 2.45) is 0 Å². The number of anilines is 1. The molecule has 0 spiro atoms. The van der Waals surface area contributed by atoms with Crippen LogP contribution in [0.3, 0.4) is 0 Å². The number of aromatic nitrogens is 1. The molecule has 6 nitrogen and oxygen atoms in total. The van der Waals surface area contributed by atoms with Crippen molar-refractivity contribution >= 4 is 22.1 Å². The lowest BCUT2D eigenvalue weighted by atomic mass is 10.1. The van der Waals surface area contributed by atoms with Crippen LogP contribution in [0.1, 0.15) is 13.3 Å². The number of hydrogen-bond acceptors (Lipinski definition) is 5. The average Bonchev–Trinajstić information content (AvgIpc) is 2.46. The van der Waals surface area contributed by atoms with Crippen LogP contribution in [0.5, 0.6) is 0 Å². The van der Waals surface area contributed by atoms with E-state index in [1.807, 2.05) is 6.92 Å². The van der Waals surface area contributed by atoms with Gasteiger partial charge in [-0.1, -0.05) is 0 Å². The first-order chi connectivity index (χ1) is 9.74. The Balaban J connectivity index is 2.18. The van der Waals surface area contributed by atoms with E-state index in [1.54, 1.807) is 24.5 Å². The molecule has 0 bridgehead atoms. The molecule has 2 rings (SSSR count). The van der Waals surface area contributed by atoms with Crippen LogP contribution in [0, 0.1) is 10.1 Å². The maximum Gasteiger partial charge on any atom is 0.277 e. The first-order valence-corrected chi connectivity index (χ1v) is 6.56. The van der Waals surface area contributed by atoms with Gasteiger partial charge in [0.25, 0.3) is 5.69 Å². The van der Waals surface area contributed by atoms with Crippen molar-refractivity contribution in [3.63, 3.8) is 0 Å². The summed E-state index contributed by atoms with van der Waals surface area (Å²) in [6.45, 7) is 4.13. The number of rotatable bonds is 7. The second kappa shape index (κ2) is 6.81. The third-order valence-electron chi connectivity index (χ3n) is 2.98. The van der Waals surface area contributed by atoms with Crippen LogP contribution in [0.25, 0.3) is 10.8 Å². The summed E-state index contributed by atoms with van der Waals surface area (Å²) in [5, 5.41) is 15.6. The number of fused-ring (bicyclic) bond motifs is 1. The average molecular weight is 275 g/mol. The van der Waals surface area contributed by atoms with Crippen LogP contribution in [0.4, 0.5) is 11.4 Å². The Hall–Kier alpha value is -2.21. The standard InChI is InChI=1S/C14H17N3O3/c1-2-20-9-3-7-16-13-4-5-14(17(18)19)11-6-8-15-10-12(11)13/h4-6,8,10,16H,2-3,7,9H2,1H3. The maximum atomic E-state index is 11.0. The number of benzene rings is 1. The summed E-state index contributed by atoms with van der Waals surface area (Å²) in [5.41, 5.74) is 0.956. The summed E-state index contributed by atoms with van der Waals surface area (Å²) in [7, 11) is 0. The highest BCUT2D eigenvalue weighted by Crippen LogP contribution is 2.30. The van der Waals surface area contributed by atoms with Gasteiger partial charge in [0.15, 0.2) is 0 Å². The molecular formula is C14H17N3O3. The highest BCUT2D eigenvalue weighted by atomic mass is 16.6. The zero-order valence-corrected chi connectivity index (χ0v) is 11.3. The Morgan fingerprint density at radius 1 is 1.35 bits per heavy atom. The van der Waals surface area contributed by atoms with Gasteiger partial charge < -0.3 is 10.1 Å². The van der Waals surface area contributed by atoms with Crippen LogP contribution in [-0.2, 0) is 4.74 Å². The van der Waals surface area contributed by atoms with Crippen molar-refractivity contribution in [1.29, 1.82) is 0 Å². The molecular weight excluding hydrogens is 258 g/mol. The van der Waals surface area contributed by atoms with Crippen LogP contribution in [0.15, 0.2) is 30.6 Å². The molecule has 0 atom stereocenters. The third-order valence-corrected chi connectivity index (χ3v) is 2.98. The van der Waals surface area contributed by atoms with Crippen molar-refractivity contribution in [1.82, 2.24) is 4.98 Å². The van der Waals surface area contributed by atoms with Gasteiger partial charge in [0, 0.05) is 49.3 Å². The lowest BCUT2D eigenvalue weighted by molar-refractivity contribution is -0.383. The topological polar surface area (TPSA) is 77.3 Å². The molecule has 0 radical (unpaired) electrons. The van der Waals surface area contributed by atoms with Crippen molar-refractivity contribution in [3.05, 3.63) is 40.7 Å². The molecule has 1 aromatic heterocycles. The van der Waals surface area contributed by atoms with E-state index in [4.69, 9.17) is 4.74 Å². The highest BCUT2D eigenvalue weighted by Gasteiger charge is 2.13. The minimum atomic E-state index is -0.374. The fourth-order valence-electron chi connectivity index (χ4n) is 2.03. The van der Waals surface area contributed by atoms with Gasteiger partial charge in [0.2, 0.25) is 0 Å². The predicted molar refractivity (Wildman–Crippen MR) is 78.0 cm³/mol. The highest BCUT2D eigenvalue weighted by molar-refractivity contribution is 5.99. The predicted octanol–water partition coefficient (Wildman–Crippen LogP) is 2.98. The smallest absolute Gasteiger partial charge is 0.277 e. The second-order valence-electron chi connectivity index (χ2n) is 4.29. The molecule has 2 aromatic rings. The number of nitrogens with zero attached hydrogens (tertiary/aromatic N) is 2. The normalized spacial score (nSPS) is 10.7. The molecule has 0 aliphatic heterocycles. The van der Waals surface area contributed by atoms with E-state index in [1.165, 1.54) is 6.07 Å². The fourth-order valence-corrected chi connectivity index (χ4v) is 2.03. The molecule has 1 N–H and O–H groups in total. The number of non-ortho nitro benzene ring substituents is 1. The molecule has 20 heavy (non-hydrogen) atoms. The molecule has 1 aromatic carbocycles. The summed E-state index contributed by atoms with van der Waals surface area (Å²) < 4.78 is 5.27. The number of hydrogen-bond donors (Lipinski definition) is 1. The molecule has 6 heteroatoms. The molecule has 106 valence electrons. The summed E-state index contributed by atoms with van der Waals surface area (Å²) in [5.74, 6) is 0. The van der Waals surface area contributed by atoms with Gasteiger partial charge in [-0.2, -0.15) is 0 Å². The van der Waals surface area contributed by atoms with E-state index in [0.717, 1.165) is 24.0 Å². The van der Waals surface area contributed by atoms with Crippen molar-refractivity contribution in [2.45, 2.75) is 13.3 Å². The molecule has 1 heterocycles. The number of ether oxygens (including phenoxy) is 1. The Morgan fingerprint density at radius 3 is 2.95 bits per heavy atom. The first kappa shape index (κ1) is 14.2. The molecule has 0 saturated heterocycles. The summed E-state index contributed by atoms with van der Waals surface area (Å²) in [4.78, 5) is 14.7. The summed E-state index contributed by atoms with van der Waals surface area (Å²) >= 11 is 0.